The van der Waals surface area contributed by atoms with Crippen molar-refractivity contribution in [3.8, 4) is 0 Å². The normalized spacial score (nSPS) is 11.2. The van der Waals surface area contributed by atoms with E-state index in [-0.39, 0.29) is 21.2 Å². The molecule has 1 amide bonds. The first-order chi connectivity index (χ1) is 13.7. The Labute approximate surface area is 173 Å². The van der Waals surface area contributed by atoms with Crippen LogP contribution in [0.5, 0.6) is 0 Å². The van der Waals surface area contributed by atoms with Crippen LogP contribution in [0.2, 0.25) is 5.02 Å². The Bertz CT molecular complexity index is 1170. The number of anilines is 2. The van der Waals surface area contributed by atoms with E-state index in [1.54, 1.807) is 18.3 Å². The number of aryl methyl sites for hydroxylation is 1. The van der Waals surface area contributed by atoms with Gasteiger partial charge in [-0.15, -0.1) is 0 Å². The number of rotatable bonds is 5. The van der Waals surface area contributed by atoms with Crippen LogP contribution in [0.4, 0.5) is 15.9 Å². The SMILES string of the molecule is Cc1ccnc(NC(=O)c2cc(S(=O)(=O)N(C)c3ccc(F)cc3)ccc2Cl)c1. The highest BCUT2D eigenvalue weighted by Gasteiger charge is 2.24. The summed E-state index contributed by atoms with van der Waals surface area (Å²) in [5.74, 6) is -0.743. The first-order valence-corrected chi connectivity index (χ1v) is 10.3. The lowest BCUT2D eigenvalue weighted by Crippen LogP contribution is -2.27. The van der Waals surface area contributed by atoms with Crippen molar-refractivity contribution < 1.29 is 17.6 Å². The molecule has 1 heterocycles. The average molecular weight is 434 g/mol. The Balaban J connectivity index is 1.93. The Morgan fingerprint density at radius 1 is 1.10 bits per heavy atom. The highest BCUT2D eigenvalue weighted by atomic mass is 35.5. The summed E-state index contributed by atoms with van der Waals surface area (Å²) in [6, 6.07) is 12.3. The van der Waals surface area contributed by atoms with Gasteiger partial charge in [0.1, 0.15) is 11.6 Å². The highest BCUT2D eigenvalue weighted by molar-refractivity contribution is 7.92. The molecule has 0 saturated heterocycles. The number of nitrogens with zero attached hydrogens (tertiary/aromatic N) is 2. The number of benzene rings is 2. The molecule has 0 saturated carbocycles. The lowest BCUT2D eigenvalue weighted by atomic mass is 10.2. The van der Waals surface area contributed by atoms with Crippen molar-refractivity contribution in [2.75, 3.05) is 16.7 Å². The van der Waals surface area contributed by atoms with Crippen molar-refractivity contribution in [1.82, 2.24) is 4.98 Å². The minimum Gasteiger partial charge on any atom is -0.307 e. The van der Waals surface area contributed by atoms with Crippen molar-refractivity contribution in [2.24, 2.45) is 0 Å². The van der Waals surface area contributed by atoms with Crippen LogP contribution in [0.15, 0.2) is 65.7 Å². The van der Waals surface area contributed by atoms with Crippen molar-refractivity contribution in [3.63, 3.8) is 0 Å². The van der Waals surface area contributed by atoms with E-state index in [9.17, 15) is 17.6 Å². The molecule has 2 aromatic carbocycles. The molecule has 3 rings (SSSR count). The van der Waals surface area contributed by atoms with E-state index in [4.69, 9.17) is 11.6 Å². The minimum atomic E-state index is -4.00. The molecule has 150 valence electrons. The maximum atomic E-state index is 13.1. The van der Waals surface area contributed by atoms with E-state index in [0.29, 0.717) is 5.82 Å². The average Bonchev–Trinajstić information content (AvgIpc) is 2.68. The summed E-state index contributed by atoms with van der Waals surface area (Å²) in [5.41, 5.74) is 1.17. The number of sulfonamides is 1. The Kier molecular flexibility index (Phi) is 5.86. The summed E-state index contributed by atoms with van der Waals surface area (Å²) < 4.78 is 40.0. The lowest BCUT2D eigenvalue weighted by molar-refractivity contribution is 0.102. The van der Waals surface area contributed by atoms with E-state index < -0.39 is 21.7 Å². The third-order valence-electron chi connectivity index (χ3n) is 4.19. The molecule has 0 spiro atoms. The first-order valence-electron chi connectivity index (χ1n) is 8.46. The second-order valence-corrected chi connectivity index (χ2v) is 8.64. The van der Waals surface area contributed by atoms with Crippen LogP contribution in [0.25, 0.3) is 0 Å². The maximum absolute atomic E-state index is 13.1. The van der Waals surface area contributed by atoms with E-state index in [1.807, 2.05) is 6.92 Å². The molecule has 0 aliphatic rings. The van der Waals surface area contributed by atoms with Crippen LogP contribution >= 0.6 is 11.6 Å². The highest BCUT2D eigenvalue weighted by Crippen LogP contribution is 2.26. The largest absolute Gasteiger partial charge is 0.307 e. The van der Waals surface area contributed by atoms with Gasteiger partial charge in [-0.3, -0.25) is 9.10 Å². The summed E-state index contributed by atoms with van der Waals surface area (Å²) in [4.78, 5) is 16.5. The van der Waals surface area contributed by atoms with E-state index in [1.165, 1.54) is 37.4 Å². The Hall–Kier alpha value is -2.97. The van der Waals surface area contributed by atoms with Crippen molar-refractivity contribution in [2.45, 2.75) is 11.8 Å². The van der Waals surface area contributed by atoms with E-state index in [0.717, 1.165) is 22.0 Å². The number of aromatic nitrogens is 1. The van der Waals surface area contributed by atoms with E-state index in [2.05, 4.69) is 10.3 Å². The van der Waals surface area contributed by atoms with Crippen LogP contribution in [-0.4, -0.2) is 26.4 Å². The fourth-order valence-electron chi connectivity index (χ4n) is 2.57. The number of carbonyl (C=O) groups excluding carboxylic acids is 1. The first kappa shape index (κ1) is 20.8. The molecule has 6 nitrogen and oxygen atoms in total. The lowest BCUT2D eigenvalue weighted by Gasteiger charge is -2.20. The summed E-state index contributed by atoms with van der Waals surface area (Å²) in [6.07, 6.45) is 1.55. The monoisotopic (exact) mass is 433 g/mol. The smallest absolute Gasteiger partial charge is 0.264 e. The standard InChI is InChI=1S/C20H17ClFN3O3S/c1-13-9-10-23-19(11-13)24-20(26)17-12-16(7-8-18(17)21)29(27,28)25(2)15-5-3-14(22)4-6-15/h3-12H,1-2H3,(H,23,24,26). The molecule has 3 aromatic rings. The van der Waals surface area contributed by atoms with Gasteiger partial charge >= 0.3 is 0 Å². The van der Waals surface area contributed by atoms with Crippen molar-refractivity contribution in [1.29, 1.82) is 0 Å². The molecule has 1 aromatic heterocycles. The van der Waals surface area contributed by atoms with Gasteiger partial charge in [0.25, 0.3) is 15.9 Å². The number of halogens is 2. The third kappa shape index (κ3) is 4.55. The van der Waals surface area contributed by atoms with Crippen LogP contribution in [0.1, 0.15) is 15.9 Å². The van der Waals surface area contributed by atoms with Crippen LogP contribution < -0.4 is 9.62 Å². The second-order valence-electron chi connectivity index (χ2n) is 6.26. The number of pyridine rings is 1. The maximum Gasteiger partial charge on any atom is 0.264 e. The molecule has 0 aliphatic heterocycles. The fraction of sp³-hybridized carbons (Fsp3) is 0.100. The minimum absolute atomic E-state index is 0.0106. The number of nitrogens with one attached hydrogen (secondary N) is 1. The zero-order valence-corrected chi connectivity index (χ0v) is 17.1. The molecular formula is C20H17ClFN3O3S. The number of hydrogen-bond donors (Lipinski definition) is 1. The third-order valence-corrected chi connectivity index (χ3v) is 6.30. The molecule has 0 unspecified atom stereocenters. The van der Waals surface area contributed by atoms with Crippen molar-refractivity contribution in [3.05, 3.63) is 82.8 Å². The fourth-order valence-corrected chi connectivity index (χ4v) is 4.00. The zero-order chi connectivity index (χ0) is 21.2. The van der Waals surface area contributed by atoms with Crippen LogP contribution in [-0.2, 0) is 10.0 Å². The van der Waals surface area contributed by atoms with Gasteiger partial charge in [-0.1, -0.05) is 11.6 Å². The quantitative estimate of drug-likeness (QED) is 0.652. The Morgan fingerprint density at radius 2 is 1.79 bits per heavy atom. The van der Waals surface area contributed by atoms with Gasteiger partial charge in [-0.25, -0.2) is 17.8 Å². The summed E-state index contributed by atoms with van der Waals surface area (Å²) in [5, 5.41) is 2.70. The molecule has 1 N–H and O–H groups in total. The van der Waals surface area contributed by atoms with Gasteiger partial charge in [-0.05, 0) is 67.1 Å². The molecule has 0 fully saturated rings. The van der Waals surface area contributed by atoms with Crippen LogP contribution in [0, 0.1) is 12.7 Å². The Morgan fingerprint density at radius 3 is 2.45 bits per heavy atom. The second kappa shape index (κ2) is 8.18. The molecule has 9 heteroatoms. The van der Waals surface area contributed by atoms with Gasteiger partial charge in [0.2, 0.25) is 0 Å². The predicted octanol–water partition coefficient (Wildman–Crippen LogP) is 4.26. The zero-order valence-electron chi connectivity index (χ0n) is 15.6. The molecule has 0 atom stereocenters. The van der Waals surface area contributed by atoms with Crippen molar-refractivity contribution >= 4 is 39.0 Å². The summed E-state index contributed by atoms with van der Waals surface area (Å²) in [7, 11) is -2.66. The van der Waals surface area contributed by atoms with Gasteiger partial charge < -0.3 is 5.32 Å². The molecule has 29 heavy (non-hydrogen) atoms. The van der Waals surface area contributed by atoms with E-state index >= 15 is 0 Å². The number of amides is 1. The summed E-state index contributed by atoms with van der Waals surface area (Å²) >= 11 is 6.12. The van der Waals surface area contributed by atoms with Gasteiger partial charge in [0.15, 0.2) is 0 Å². The summed E-state index contributed by atoms with van der Waals surface area (Å²) in [6.45, 7) is 1.85. The van der Waals surface area contributed by atoms with Gasteiger partial charge in [0.05, 0.1) is 21.2 Å². The van der Waals surface area contributed by atoms with Gasteiger partial charge in [-0.2, -0.15) is 0 Å². The molecule has 0 radical (unpaired) electrons. The molecule has 0 bridgehead atoms. The predicted molar refractivity (Wildman–Crippen MR) is 110 cm³/mol. The topological polar surface area (TPSA) is 79.4 Å². The van der Waals surface area contributed by atoms with Crippen LogP contribution in [0.3, 0.4) is 0 Å². The number of carbonyl (C=O) groups is 1. The molecular weight excluding hydrogens is 417 g/mol. The number of hydrogen-bond acceptors (Lipinski definition) is 4. The molecule has 0 aliphatic carbocycles. The van der Waals surface area contributed by atoms with Gasteiger partial charge in [0, 0.05) is 13.2 Å².